The van der Waals surface area contributed by atoms with Crippen LogP contribution in [0.5, 0.6) is 11.5 Å². The Hall–Kier alpha value is -3.68. The third-order valence-electron chi connectivity index (χ3n) is 4.07. The van der Waals surface area contributed by atoms with Crippen LogP contribution in [0.25, 0.3) is 22.1 Å². The molecule has 4 aromatic rings. The number of hydrazone groups is 1. The van der Waals surface area contributed by atoms with Gasteiger partial charge in [-0.2, -0.15) is 10.1 Å². The molecule has 0 atom stereocenters. The molecule has 8 nitrogen and oxygen atoms in total. The van der Waals surface area contributed by atoms with Crippen molar-refractivity contribution in [2.24, 2.45) is 5.10 Å². The van der Waals surface area contributed by atoms with Gasteiger partial charge in [0, 0.05) is 23.6 Å². The number of phenols is 2. The van der Waals surface area contributed by atoms with E-state index in [1.54, 1.807) is 6.07 Å². The Labute approximate surface area is 148 Å². The summed E-state index contributed by atoms with van der Waals surface area (Å²) in [4.78, 5) is 4.51. The van der Waals surface area contributed by atoms with Gasteiger partial charge in [0.1, 0.15) is 17.0 Å². The van der Waals surface area contributed by atoms with Crippen LogP contribution in [0, 0.1) is 0 Å². The number of aromatic hydroxyl groups is 2. The summed E-state index contributed by atoms with van der Waals surface area (Å²) in [6, 6.07) is 12.2. The van der Waals surface area contributed by atoms with Gasteiger partial charge in [0.15, 0.2) is 5.65 Å². The lowest BCUT2D eigenvalue weighted by Gasteiger charge is -2.03. The highest BCUT2D eigenvalue weighted by Gasteiger charge is 2.13. The fourth-order valence-corrected chi connectivity index (χ4v) is 2.87. The minimum Gasteiger partial charge on any atom is -0.508 e. The summed E-state index contributed by atoms with van der Waals surface area (Å²) in [5.41, 5.74) is 5.70. The van der Waals surface area contributed by atoms with Gasteiger partial charge in [-0.05, 0) is 25.1 Å². The summed E-state index contributed by atoms with van der Waals surface area (Å²) in [6.07, 6.45) is 1.41. The number of hydrogen-bond acceptors (Lipinski definition) is 7. The molecular formula is C18H16N6O2. The van der Waals surface area contributed by atoms with Gasteiger partial charge >= 0.3 is 0 Å². The van der Waals surface area contributed by atoms with Crippen molar-refractivity contribution in [1.29, 1.82) is 0 Å². The Bertz CT molecular complexity index is 1140. The normalized spacial score (nSPS) is 11.6. The SMILES string of the molecule is CCn1c2ccccc2c2nnc(NN=Cc3ccc(O)cc3O)nc21. The average Bonchev–Trinajstić information content (AvgIpc) is 2.96. The summed E-state index contributed by atoms with van der Waals surface area (Å²) in [6.45, 7) is 2.81. The van der Waals surface area contributed by atoms with Gasteiger partial charge in [-0.15, -0.1) is 10.2 Å². The van der Waals surface area contributed by atoms with Crippen LogP contribution in [0.3, 0.4) is 0 Å². The van der Waals surface area contributed by atoms with E-state index in [0.29, 0.717) is 5.56 Å². The number of nitrogens with zero attached hydrogens (tertiary/aromatic N) is 5. The standard InChI is InChI=1S/C18H16N6O2/c1-2-24-14-6-4-3-5-13(14)16-17(24)20-18(23-21-16)22-19-10-11-7-8-12(25)9-15(11)26/h3-10,25-26H,2H2,1H3,(H,20,22,23). The molecule has 130 valence electrons. The maximum atomic E-state index is 9.75. The molecule has 0 aliphatic rings. The number of anilines is 1. The lowest BCUT2D eigenvalue weighted by atomic mass is 10.2. The first kappa shape index (κ1) is 15.8. The van der Waals surface area contributed by atoms with Crippen molar-refractivity contribution in [2.75, 3.05) is 5.43 Å². The highest BCUT2D eigenvalue weighted by Crippen LogP contribution is 2.26. The van der Waals surface area contributed by atoms with E-state index in [4.69, 9.17) is 0 Å². The highest BCUT2D eigenvalue weighted by atomic mass is 16.3. The number of para-hydroxylation sites is 1. The van der Waals surface area contributed by atoms with Gasteiger partial charge in [-0.1, -0.05) is 18.2 Å². The van der Waals surface area contributed by atoms with E-state index >= 15 is 0 Å². The molecule has 0 aliphatic heterocycles. The first-order valence-electron chi connectivity index (χ1n) is 8.10. The van der Waals surface area contributed by atoms with E-state index in [-0.39, 0.29) is 17.4 Å². The molecule has 0 radical (unpaired) electrons. The first-order chi connectivity index (χ1) is 12.7. The molecule has 0 unspecified atom stereocenters. The molecule has 3 N–H and O–H groups in total. The van der Waals surface area contributed by atoms with E-state index in [2.05, 4.69) is 30.3 Å². The number of nitrogens with one attached hydrogen (secondary N) is 1. The van der Waals surface area contributed by atoms with Crippen molar-refractivity contribution in [2.45, 2.75) is 13.5 Å². The highest BCUT2D eigenvalue weighted by molar-refractivity contribution is 6.04. The zero-order valence-electron chi connectivity index (χ0n) is 14.0. The van der Waals surface area contributed by atoms with Gasteiger partial charge in [0.2, 0.25) is 0 Å². The number of hydrogen-bond donors (Lipinski definition) is 3. The van der Waals surface area contributed by atoms with E-state index in [9.17, 15) is 10.2 Å². The number of fused-ring (bicyclic) bond motifs is 3. The molecule has 0 spiro atoms. The van der Waals surface area contributed by atoms with Gasteiger partial charge in [-0.3, -0.25) is 0 Å². The Balaban J connectivity index is 1.67. The summed E-state index contributed by atoms with van der Waals surface area (Å²) < 4.78 is 2.07. The summed E-state index contributed by atoms with van der Waals surface area (Å²) in [7, 11) is 0. The van der Waals surface area contributed by atoms with Gasteiger partial charge in [0.05, 0.1) is 11.7 Å². The van der Waals surface area contributed by atoms with Crippen molar-refractivity contribution in [1.82, 2.24) is 19.7 Å². The molecule has 0 saturated heterocycles. The van der Waals surface area contributed by atoms with Crippen molar-refractivity contribution in [3.63, 3.8) is 0 Å². The van der Waals surface area contributed by atoms with Gasteiger partial charge in [0.25, 0.3) is 5.95 Å². The minimum atomic E-state index is -0.0730. The summed E-state index contributed by atoms with van der Waals surface area (Å²) >= 11 is 0. The molecule has 0 fully saturated rings. The van der Waals surface area contributed by atoms with Crippen LogP contribution in [0.1, 0.15) is 12.5 Å². The van der Waals surface area contributed by atoms with Crippen LogP contribution in [0.15, 0.2) is 47.6 Å². The number of aromatic nitrogens is 4. The predicted octanol–water partition coefficient (Wildman–Crippen LogP) is 2.86. The first-order valence-corrected chi connectivity index (χ1v) is 8.10. The molecule has 2 aromatic heterocycles. The third-order valence-corrected chi connectivity index (χ3v) is 4.07. The number of aryl methyl sites for hydroxylation is 1. The van der Waals surface area contributed by atoms with Crippen LogP contribution < -0.4 is 5.43 Å². The fraction of sp³-hybridized carbons (Fsp3) is 0.111. The molecule has 0 amide bonds. The minimum absolute atomic E-state index is 0.0158. The summed E-state index contributed by atoms with van der Waals surface area (Å²) in [5.74, 6) is 0.165. The molecule has 2 aromatic carbocycles. The second kappa shape index (κ2) is 6.32. The van der Waals surface area contributed by atoms with Crippen molar-refractivity contribution >= 4 is 34.2 Å². The van der Waals surface area contributed by atoms with E-state index in [1.807, 2.05) is 31.2 Å². The second-order valence-corrected chi connectivity index (χ2v) is 5.68. The number of rotatable bonds is 4. The van der Waals surface area contributed by atoms with Crippen molar-refractivity contribution < 1.29 is 10.2 Å². The molecule has 0 saturated carbocycles. The van der Waals surface area contributed by atoms with Crippen LogP contribution in [0.2, 0.25) is 0 Å². The smallest absolute Gasteiger partial charge is 0.265 e. The largest absolute Gasteiger partial charge is 0.508 e. The van der Waals surface area contributed by atoms with Crippen molar-refractivity contribution in [3.8, 4) is 11.5 Å². The maximum Gasteiger partial charge on any atom is 0.265 e. The summed E-state index contributed by atoms with van der Waals surface area (Å²) in [5, 5.41) is 32.4. The lowest BCUT2D eigenvalue weighted by molar-refractivity contribution is 0.450. The van der Waals surface area contributed by atoms with E-state index < -0.39 is 0 Å². The Kier molecular flexibility index (Phi) is 3.85. The molecule has 26 heavy (non-hydrogen) atoms. The monoisotopic (exact) mass is 348 g/mol. The van der Waals surface area contributed by atoms with E-state index in [0.717, 1.165) is 28.6 Å². The Morgan fingerprint density at radius 2 is 2.00 bits per heavy atom. The van der Waals surface area contributed by atoms with Gasteiger partial charge < -0.3 is 14.8 Å². The topological polar surface area (TPSA) is 108 Å². The van der Waals surface area contributed by atoms with Crippen LogP contribution in [0.4, 0.5) is 5.95 Å². The predicted molar refractivity (Wildman–Crippen MR) is 99.5 cm³/mol. The molecule has 2 heterocycles. The van der Waals surface area contributed by atoms with Crippen molar-refractivity contribution in [3.05, 3.63) is 48.0 Å². The van der Waals surface area contributed by atoms with Crippen LogP contribution in [-0.2, 0) is 6.54 Å². The zero-order valence-corrected chi connectivity index (χ0v) is 14.0. The number of phenolic OH excluding ortho intramolecular Hbond substituents is 2. The maximum absolute atomic E-state index is 9.75. The Morgan fingerprint density at radius 1 is 1.15 bits per heavy atom. The van der Waals surface area contributed by atoms with Crippen LogP contribution >= 0.6 is 0 Å². The molecule has 0 aliphatic carbocycles. The number of benzene rings is 2. The lowest BCUT2D eigenvalue weighted by Crippen LogP contribution is -2.02. The fourth-order valence-electron chi connectivity index (χ4n) is 2.87. The quantitative estimate of drug-likeness (QED) is 0.386. The second-order valence-electron chi connectivity index (χ2n) is 5.68. The zero-order chi connectivity index (χ0) is 18.1. The Morgan fingerprint density at radius 3 is 2.81 bits per heavy atom. The van der Waals surface area contributed by atoms with Crippen LogP contribution in [-0.4, -0.2) is 36.2 Å². The van der Waals surface area contributed by atoms with E-state index in [1.165, 1.54) is 18.3 Å². The molecule has 0 bridgehead atoms. The molecule has 4 rings (SSSR count). The average molecular weight is 348 g/mol. The molecule has 8 heteroatoms. The van der Waals surface area contributed by atoms with Gasteiger partial charge in [-0.25, -0.2) is 5.43 Å². The third kappa shape index (κ3) is 2.67. The molecular weight excluding hydrogens is 332 g/mol.